The van der Waals surface area contributed by atoms with E-state index in [1.165, 1.54) is 25.9 Å². The van der Waals surface area contributed by atoms with Crippen LogP contribution in [0.2, 0.25) is 0 Å². The highest BCUT2D eigenvalue weighted by Gasteiger charge is 2.34. The molecule has 1 atom stereocenters. The molecule has 2 bridgehead atoms. The summed E-state index contributed by atoms with van der Waals surface area (Å²) in [5.41, 5.74) is 0.633. The third-order valence-electron chi connectivity index (χ3n) is 3.87. The van der Waals surface area contributed by atoms with Crippen molar-refractivity contribution < 1.29 is 4.79 Å². The number of nitrogens with zero attached hydrogens (tertiary/aromatic N) is 1. The van der Waals surface area contributed by atoms with Crippen LogP contribution in [0.4, 0.5) is 0 Å². The molecule has 3 saturated heterocycles. The first kappa shape index (κ1) is 11.3. The van der Waals surface area contributed by atoms with Gasteiger partial charge in [-0.1, -0.05) is 0 Å². The van der Waals surface area contributed by atoms with Gasteiger partial charge in [-0.2, -0.15) is 0 Å². The quantitative estimate of drug-likeness (QED) is 0.871. The van der Waals surface area contributed by atoms with Crippen LogP contribution in [0.1, 0.15) is 23.3 Å². The zero-order valence-corrected chi connectivity index (χ0v) is 11.2. The minimum atomic E-state index is 0.00875. The van der Waals surface area contributed by atoms with Crippen LogP contribution >= 0.6 is 15.9 Å². The fourth-order valence-corrected chi connectivity index (χ4v) is 3.22. The van der Waals surface area contributed by atoms with Gasteiger partial charge < -0.3 is 15.2 Å². The maximum Gasteiger partial charge on any atom is 0.268 e. The average molecular weight is 298 g/mol. The third-order valence-corrected chi connectivity index (χ3v) is 4.32. The molecule has 1 amide bonds. The molecular formula is C12H16BrN3O. The fraction of sp³-hybridized carbons (Fsp3) is 0.583. The van der Waals surface area contributed by atoms with Gasteiger partial charge in [-0.05, 0) is 53.8 Å². The fourth-order valence-electron chi connectivity index (χ4n) is 2.87. The summed E-state index contributed by atoms with van der Waals surface area (Å²) >= 11 is 3.34. The summed E-state index contributed by atoms with van der Waals surface area (Å²) in [4.78, 5) is 17.4. The number of fused-ring (bicyclic) bond motifs is 3. The Morgan fingerprint density at radius 3 is 2.76 bits per heavy atom. The van der Waals surface area contributed by atoms with Crippen LogP contribution < -0.4 is 5.32 Å². The number of aromatic amines is 1. The standard InChI is InChI=1S/C12H16BrN3O/c13-9-5-10(14-6-9)12(17)15-11-7-16-3-1-8(11)2-4-16/h5-6,8,11,14H,1-4,7H2,(H,15,17). The number of carbonyl (C=O) groups excluding carboxylic acids is 1. The van der Waals surface area contributed by atoms with Crippen LogP contribution in [-0.2, 0) is 0 Å². The van der Waals surface area contributed by atoms with E-state index in [1.54, 1.807) is 6.20 Å². The van der Waals surface area contributed by atoms with Gasteiger partial charge in [0, 0.05) is 23.3 Å². The van der Waals surface area contributed by atoms with Crippen molar-refractivity contribution in [3.8, 4) is 0 Å². The normalized spacial score (nSPS) is 31.5. The number of amides is 1. The lowest BCUT2D eigenvalue weighted by Crippen LogP contribution is -2.57. The maximum absolute atomic E-state index is 12.0. The molecule has 0 saturated carbocycles. The van der Waals surface area contributed by atoms with Crippen LogP contribution in [0.3, 0.4) is 0 Å². The van der Waals surface area contributed by atoms with Gasteiger partial charge in [-0.25, -0.2) is 0 Å². The van der Waals surface area contributed by atoms with Gasteiger partial charge in [-0.15, -0.1) is 0 Å². The van der Waals surface area contributed by atoms with Gasteiger partial charge in [0.25, 0.3) is 5.91 Å². The number of H-pyrrole nitrogens is 1. The third kappa shape index (κ3) is 2.26. The predicted molar refractivity (Wildman–Crippen MR) is 68.9 cm³/mol. The Labute approximate surface area is 109 Å². The number of carbonyl (C=O) groups is 1. The first-order valence-electron chi connectivity index (χ1n) is 6.09. The summed E-state index contributed by atoms with van der Waals surface area (Å²) in [5.74, 6) is 0.678. The predicted octanol–water partition coefficient (Wildman–Crippen LogP) is 1.60. The smallest absolute Gasteiger partial charge is 0.268 e. The van der Waals surface area contributed by atoms with Crippen LogP contribution in [-0.4, -0.2) is 41.5 Å². The van der Waals surface area contributed by atoms with E-state index in [1.807, 2.05) is 6.07 Å². The Kier molecular flexibility index (Phi) is 2.96. The Hall–Kier alpha value is -0.810. The van der Waals surface area contributed by atoms with E-state index in [0.717, 1.165) is 11.0 Å². The van der Waals surface area contributed by atoms with E-state index in [-0.39, 0.29) is 5.91 Å². The number of piperidine rings is 3. The first-order chi connectivity index (χ1) is 8.22. The second kappa shape index (κ2) is 4.46. The molecule has 0 aromatic carbocycles. The molecule has 3 aliphatic heterocycles. The molecule has 1 aromatic rings. The van der Waals surface area contributed by atoms with Crippen molar-refractivity contribution in [2.75, 3.05) is 19.6 Å². The van der Waals surface area contributed by atoms with Crippen LogP contribution in [0, 0.1) is 5.92 Å². The van der Waals surface area contributed by atoms with Gasteiger partial charge >= 0.3 is 0 Å². The number of halogens is 1. The second-order valence-corrected chi connectivity index (χ2v) is 5.87. The second-order valence-electron chi connectivity index (χ2n) is 4.95. The monoisotopic (exact) mass is 297 g/mol. The molecule has 92 valence electrons. The van der Waals surface area contributed by atoms with Crippen LogP contribution in [0.25, 0.3) is 0 Å². The lowest BCUT2D eigenvalue weighted by Gasteiger charge is -2.44. The van der Waals surface area contributed by atoms with Crippen molar-refractivity contribution >= 4 is 21.8 Å². The van der Waals surface area contributed by atoms with Gasteiger partial charge in [0.05, 0.1) is 0 Å². The lowest BCUT2D eigenvalue weighted by atomic mass is 9.84. The van der Waals surface area contributed by atoms with E-state index in [2.05, 4.69) is 31.1 Å². The SMILES string of the molecule is O=C(NC1CN2CCC1CC2)c1cc(Br)c[nH]1. The van der Waals surface area contributed by atoms with Crippen molar-refractivity contribution in [2.45, 2.75) is 18.9 Å². The van der Waals surface area contributed by atoms with E-state index < -0.39 is 0 Å². The lowest BCUT2D eigenvalue weighted by molar-refractivity contribution is 0.0618. The molecule has 1 unspecified atom stereocenters. The molecule has 0 spiro atoms. The molecule has 5 heteroatoms. The van der Waals surface area contributed by atoms with Gasteiger partial charge in [0.1, 0.15) is 5.69 Å². The molecule has 4 nitrogen and oxygen atoms in total. The first-order valence-corrected chi connectivity index (χ1v) is 6.89. The van der Waals surface area contributed by atoms with Gasteiger partial charge in [0.2, 0.25) is 0 Å². The number of rotatable bonds is 2. The van der Waals surface area contributed by atoms with Gasteiger partial charge in [0.15, 0.2) is 0 Å². The number of aromatic nitrogens is 1. The summed E-state index contributed by atoms with van der Waals surface area (Å²) in [7, 11) is 0. The molecule has 4 heterocycles. The van der Waals surface area contributed by atoms with Crippen LogP contribution in [0.5, 0.6) is 0 Å². The maximum atomic E-state index is 12.0. The largest absolute Gasteiger partial charge is 0.356 e. The zero-order valence-electron chi connectivity index (χ0n) is 9.58. The minimum Gasteiger partial charge on any atom is -0.356 e. The van der Waals surface area contributed by atoms with Crippen molar-refractivity contribution in [2.24, 2.45) is 5.92 Å². The summed E-state index contributed by atoms with van der Waals surface area (Å²) < 4.78 is 0.913. The number of hydrogen-bond donors (Lipinski definition) is 2. The molecule has 1 aromatic heterocycles. The molecule has 3 fully saturated rings. The van der Waals surface area contributed by atoms with E-state index in [4.69, 9.17) is 0 Å². The number of nitrogens with one attached hydrogen (secondary N) is 2. The topological polar surface area (TPSA) is 48.1 Å². The molecule has 0 aliphatic carbocycles. The molecular weight excluding hydrogens is 282 g/mol. The average Bonchev–Trinajstić information content (AvgIpc) is 2.77. The van der Waals surface area contributed by atoms with E-state index >= 15 is 0 Å². The zero-order chi connectivity index (χ0) is 11.8. The Balaban J connectivity index is 1.65. The molecule has 4 rings (SSSR count). The summed E-state index contributed by atoms with van der Waals surface area (Å²) in [5, 5.41) is 3.15. The van der Waals surface area contributed by atoms with E-state index in [0.29, 0.717) is 17.7 Å². The van der Waals surface area contributed by atoms with Crippen molar-refractivity contribution in [3.05, 3.63) is 22.4 Å². The Morgan fingerprint density at radius 1 is 1.47 bits per heavy atom. The molecule has 2 N–H and O–H groups in total. The molecule has 0 radical (unpaired) electrons. The highest BCUT2D eigenvalue weighted by Crippen LogP contribution is 2.27. The Morgan fingerprint density at radius 2 is 2.24 bits per heavy atom. The number of hydrogen-bond acceptors (Lipinski definition) is 2. The van der Waals surface area contributed by atoms with Crippen LogP contribution in [0.15, 0.2) is 16.7 Å². The summed E-state index contributed by atoms with van der Waals surface area (Å²) in [6.45, 7) is 3.41. The van der Waals surface area contributed by atoms with Crippen molar-refractivity contribution in [1.82, 2.24) is 15.2 Å². The van der Waals surface area contributed by atoms with Gasteiger partial charge in [-0.3, -0.25) is 4.79 Å². The van der Waals surface area contributed by atoms with E-state index in [9.17, 15) is 4.79 Å². The summed E-state index contributed by atoms with van der Waals surface area (Å²) in [6.07, 6.45) is 4.23. The summed E-state index contributed by atoms with van der Waals surface area (Å²) in [6, 6.07) is 2.14. The van der Waals surface area contributed by atoms with Crippen molar-refractivity contribution in [1.29, 1.82) is 0 Å². The molecule has 17 heavy (non-hydrogen) atoms. The highest BCUT2D eigenvalue weighted by molar-refractivity contribution is 9.10. The minimum absolute atomic E-state index is 0.00875. The molecule has 3 aliphatic rings. The van der Waals surface area contributed by atoms with Crippen molar-refractivity contribution in [3.63, 3.8) is 0 Å². The highest BCUT2D eigenvalue weighted by atomic mass is 79.9. The Bertz CT molecular complexity index is 423.